The van der Waals surface area contributed by atoms with Crippen molar-refractivity contribution in [2.45, 2.75) is 32.7 Å². The zero-order valence-corrected chi connectivity index (χ0v) is 11.7. The summed E-state index contributed by atoms with van der Waals surface area (Å²) in [4.78, 5) is 12.2. The average Bonchev–Trinajstić information content (AvgIpc) is 2.38. The molecule has 1 amide bonds. The summed E-state index contributed by atoms with van der Waals surface area (Å²) in [5, 5.41) is 12.1. The number of hydrogen-bond acceptors (Lipinski definition) is 4. The molecule has 0 radical (unpaired) electrons. The number of ether oxygens (including phenoxy) is 1. The van der Waals surface area contributed by atoms with Crippen LogP contribution in [-0.2, 0) is 0 Å². The van der Waals surface area contributed by atoms with Gasteiger partial charge < -0.3 is 20.9 Å². The maximum Gasteiger partial charge on any atom is 0.251 e. The van der Waals surface area contributed by atoms with Crippen molar-refractivity contribution in [3.63, 3.8) is 0 Å². The third-order valence-corrected chi connectivity index (χ3v) is 3.05. The Balaban J connectivity index is 2.93. The van der Waals surface area contributed by atoms with Crippen molar-refractivity contribution in [1.29, 1.82) is 0 Å². The number of nitrogen functional groups attached to an aromatic ring is 1. The van der Waals surface area contributed by atoms with Crippen LogP contribution >= 0.6 is 0 Å². The van der Waals surface area contributed by atoms with E-state index in [-0.39, 0.29) is 12.5 Å². The van der Waals surface area contributed by atoms with Gasteiger partial charge in [0.15, 0.2) is 0 Å². The molecule has 0 aliphatic rings. The summed E-state index contributed by atoms with van der Waals surface area (Å²) in [6, 6.07) is 4.90. The highest BCUT2D eigenvalue weighted by atomic mass is 16.5. The molecule has 1 aromatic rings. The quantitative estimate of drug-likeness (QED) is 0.682. The van der Waals surface area contributed by atoms with Crippen molar-refractivity contribution >= 4 is 11.6 Å². The molecule has 1 unspecified atom stereocenters. The van der Waals surface area contributed by atoms with Gasteiger partial charge in [-0.05, 0) is 32.4 Å². The standard InChI is InChI=1S/C14H22N2O3/c1-4-14(3,9-17)16-13(18)10-6-11(15)8-12(7-10)19-5-2/h6-8,17H,4-5,9,15H2,1-3H3,(H,16,18). The van der Waals surface area contributed by atoms with E-state index in [0.29, 0.717) is 30.0 Å². The number of anilines is 1. The van der Waals surface area contributed by atoms with Gasteiger partial charge in [-0.1, -0.05) is 6.92 Å². The number of aliphatic hydroxyl groups excluding tert-OH is 1. The first kappa shape index (κ1) is 15.3. The van der Waals surface area contributed by atoms with E-state index < -0.39 is 5.54 Å². The molecule has 0 aliphatic carbocycles. The molecule has 5 nitrogen and oxygen atoms in total. The Morgan fingerprint density at radius 2 is 2.11 bits per heavy atom. The van der Waals surface area contributed by atoms with E-state index in [2.05, 4.69) is 5.32 Å². The lowest BCUT2D eigenvalue weighted by molar-refractivity contribution is 0.0847. The average molecular weight is 266 g/mol. The summed E-state index contributed by atoms with van der Waals surface area (Å²) >= 11 is 0. The fraction of sp³-hybridized carbons (Fsp3) is 0.500. The minimum Gasteiger partial charge on any atom is -0.494 e. The Morgan fingerprint density at radius 3 is 2.63 bits per heavy atom. The summed E-state index contributed by atoms with van der Waals surface area (Å²) in [5.74, 6) is 0.293. The summed E-state index contributed by atoms with van der Waals surface area (Å²) < 4.78 is 5.35. The van der Waals surface area contributed by atoms with E-state index >= 15 is 0 Å². The van der Waals surface area contributed by atoms with Gasteiger partial charge in [-0.25, -0.2) is 0 Å². The van der Waals surface area contributed by atoms with Gasteiger partial charge in [0.2, 0.25) is 0 Å². The highest BCUT2D eigenvalue weighted by molar-refractivity contribution is 5.96. The van der Waals surface area contributed by atoms with E-state index in [1.165, 1.54) is 0 Å². The molecule has 0 heterocycles. The number of nitrogens with two attached hydrogens (primary N) is 1. The number of aliphatic hydroxyl groups is 1. The normalized spacial score (nSPS) is 13.7. The second-order valence-corrected chi connectivity index (χ2v) is 4.75. The molecule has 0 saturated carbocycles. The third-order valence-electron chi connectivity index (χ3n) is 3.05. The van der Waals surface area contributed by atoms with Crippen LogP contribution in [0.5, 0.6) is 5.75 Å². The molecule has 4 N–H and O–H groups in total. The topological polar surface area (TPSA) is 84.6 Å². The van der Waals surface area contributed by atoms with Gasteiger partial charge in [-0.2, -0.15) is 0 Å². The van der Waals surface area contributed by atoms with E-state index in [9.17, 15) is 9.90 Å². The lowest BCUT2D eigenvalue weighted by Gasteiger charge is -2.27. The summed E-state index contributed by atoms with van der Waals surface area (Å²) in [7, 11) is 0. The molecule has 0 aliphatic heterocycles. The van der Waals surface area contributed by atoms with Crippen LogP contribution in [0.15, 0.2) is 18.2 Å². The Morgan fingerprint density at radius 1 is 1.42 bits per heavy atom. The summed E-state index contributed by atoms with van der Waals surface area (Å²) in [6.45, 7) is 5.95. The molecule has 0 aromatic heterocycles. The number of hydrogen-bond donors (Lipinski definition) is 3. The van der Waals surface area contributed by atoms with Gasteiger partial charge in [-0.3, -0.25) is 4.79 Å². The fourth-order valence-corrected chi connectivity index (χ4v) is 1.59. The van der Waals surface area contributed by atoms with Crippen LogP contribution in [0.25, 0.3) is 0 Å². The highest BCUT2D eigenvalue weighted by Gasteiger charge is 2.24. The van der Waals surface area contributed by atoms with Crippen LogP contribution in [0, 0.1) is 0 Å². The first-order chi connectivity index (χ1) is 8.94. The minimum absolute atomic E-state index is 0.115. The van der Waals surface area contributed by atoms with Crippen LogP contribution in [0.1, 0.15) is 37.6 Å². The molecule has 0 bridgehead atoms. The fourth-order valence-electron chi connectivity index (χ4n) is 1.59. The Bertz CT molecular complexity index is 442. The molecular weight excluding hydrogens is 244 g/mol. The molecule has 1 aromatic carbocycles. The van der Waals surface area contributed by atoms with E-state index in [1.54, 1.807) is 25.1 Å². The van der Waals surface area contributed by atoms with Crippen LogP contribution in [0.4, 0.5) is 5.69 Å². The van der Waals surface area contributed by atoms with Crippen molar-refractivity contribution in [1.82, 2.24) is 5.32 Å². The number of amides is 1. The maximum atomic E-state index is 12.2. The molecule has 5 heteroatoms. The van der Waals surface area contributed by atoms with Crippen LogP contribution in [0.2, 0.25) is 0 Å². The first-order valence-corrected chi connectivity index (χ1v) is 6.41. The number of carbonyl (C=O) groups excluding carboxylic acids is 1. The Kier molecular flexibility index (Phi) is 5.18. The van der Waals surface area contributed by atoms with Crippen molar-refractivity contribution < 1.29 is 14.6 Å². The van der Waals surface area contributed by atoms with Gasteiger partial charge in [0, 0.05) is 17.3 Å². The van der Waals surface area contributed by atoms with E-state index in [1.807, 2.05) is 13.8 Å². The van der Waals surface area contributed by atoms with Crippen LogP contribution < -0.4 is 15.8 Å². The van der Waals surface area contributed by atoms with E-state index in [4.69, 9.17) is 10.5 Å². The number of rotatable bonds is 6. The molecular formula is C14H22N2O3. The lowest BCUT2D eigenvalue weighted by Crippen LogP contribution is -2.48. The van der Waals surface area contributed by atoms with Gasteiger partial charge in [0.25, 0.3) is 5.91 Å². The molecule has 1 atom stereocenters. The van der Waals surface area contributed by atoms with Gasteiger partial charge in [0.1, 0.15) is 5.75 Å². The Hall–Kier alpha value is -1.75. The van der Waals surface area contributed by atoms with E-state index in [0.717, 1.165) is 0 Å². The van der Waals surface area contributed by atoms with Crippen molar-refractivity contribution in [2.24, 2.45) is 0 Å². The van der Waals surface area contributed by atoms with Crippen LogP contribution in [-0.4, -0.2) is 29.8 Å². The first-order valence-electron chi connectivity index (χ1n) is 6.41. The zero-order valence-electron chi connectivity index (χ0n) is 11.7. The van der Waals surface area contributed by atoms with Crippen molar-refractivity contribution in [2.75, 3.05) is 18.9 Å². The largest absolute Gasteiger partial charge is 0.494 e. The molecule has 0 saturated heterocycles. The van der Waals surface area contributed by atoms with Gasteiger partial charge in [-0.15, -0.1) is 0 Å². The zero-order chi connectivity index (χ0) is 14.5. The van der Waals surface area contributed by atoms with Crippen LogP contribution in [0.3, 0.4) is 0 Å². The number of benzene rings is 1. The third kappa shape index (κ3) is 4.13. The number of carbonyl (C=O) groups is 1. The second kappa shape index (κ2) is 6.43. The van der Waals surface area contributed by atoms with Gasteiger partial charge in [0.05, 0.1) is 18.8 Å². The predicted molar refractivity (Wildman–Crippen MR) is 75.3 cm³/mol. The summed E-state index contributed by atoms with van der Waals surface area (Å²) in [5.41, 5.74) is 6.01. The monoisotopic (exact) mass is 266 g/mol. The smallest absolute Gasteiger partial charge is 0.251 e. The predicted octanol–water partition coefficient (Wildman–Crippen LogP) is 1.56. The van der Waals surface area contributed by atoms with Crippen molar-refractivity contribution in [3.05, 3.63) is 23.8 Å². The SMILES string of the molecule is CCOc1cc(N)cc(C(=O)NC(C)(CC)CO)c1. The maximum absolute atomic E-state index is 12.2. The highest BCUT2D eigenvalue weighted by Crippen LogP contribution is 2.20. The molecule has 1 rings (SSSR count). The van der Waals surface area contributed by atoms with Gasteiger partial charge >= 0.3 is 0 Å². The summed E-state index contributed by atoms with van der Waals surface area (Å²) in [6.07, 6.45) is 0.635. The minimum atomic E-state index is -0.631. The lowest BCUT2D eigenvalue weighted by atomic mass is 9.99. The second-order valence-electron chi connectivity index (χ2n) is 4.75. The van der Waals surface area contributed by atoms with Crippen molar-refractivity contribution in [3.8, 4) is 5.75 Å². The Labute approximate surface area is 113 Å². The number of nitrogens with one attached hydrogen (secondary N) is 1. The molecule has 106 valence electrons. The molecule has 0 spiro atoms. The molecule has 19 heavy (non-hydrogen) atoms. The molecule has 0 fully saturated rings.